The van der Waals surface area contributed by atoms with Gasteiger partial charge in [0.25, 0.3) is 0 Å². The largest absolute Gasteiger partial charge is 0.471 e. The quantitative estimate of drug-likeness (QED) is 0.734. The summed E-state index contributed by atoms with van der Waals surface area (Å²) in [5, 5.41) is 1.89. The van der Waals surface area contributed by atoms with Gasteiger partial charge in [0.15, 0.2) is 0 Å². The molecule has 0 spiro atoms. The number of carbonyl (C=O) groups is 1. The molecule has 0 saturated carbocycles. The van der Waals surface area contributed by atoms with Crippen molar-refractivity contribution >= 4 is 5.91 Å². The van der Waals surface area contributed by atoms with Gasteiger partial charge in [0, 0.05) is 6.54 Å². The molecule has 0 heterocycles. The van der Waals surface area contributed by atoms with Crippen molar-refractivity contribution in [2.75, 3.05) is 6.54 Å². The highest BCUT2D eigenvalue weighted by Gasteiger charge is 2.42. The Morgan fingerprint density at radius 2 is 1.86 bits per heavy atom. The molecule has 1 amide bonds. The van der Waals surface area contributed by atoms with E-state index < -0.39 is 17.6 Å². The fraction of sp³-hybridized carbons (Fsp3) is 0.875. The Balaban J connectivity index is 4.56. The first-order valence-corrected chi connectivity index (χ1v) is 4.23. The predicted octanol–water partition coefficient (Wildman–Crippen LogP) is 1.04. The monoisotopic (exact) mass is 212 g/mol. The molecule has 0 aromatic carbocycles. The zero-order chi connectivity index (χ0) is 11.6. The molecule has 0 aliphatic heterocycles. The number of halogens is 3. The number of hydrogen-bond acceptors (Lipinski definition) is 2. The Bertz CT molecular complexity index is 215. The van der Waals surface area contributed by atoms with Crippen LogP contribution in [-0.2, 0) is 4.79 Å². The topological polar surface area (TPSA) is 55.1 Å². The minimum absolute atomic E-state index is 0.0352. The molecular weight excluding hydrogens is 197 g/mol. The molecule has 0 aromatic heterocycles. The minimum atomic E-state index is -4.86. The van der Waals surface area contributed by atoms with Crippen LogP contribution < -0.4 is 11.1 Å². The van der Waals surface area contributed by atoms with Crippen molar-refractivity contribution in [3.05, 3.63) is 0 Å². The Morgan fingerprint density at radius 3 is 2.07 bits per heavy atom. The SMILES string of the molecule is CC(C)C(C)(CN)NC(=O)C(F)(F)F. The third-order valence-corrected chi connectivity index (χ3v) is 2.35. The molecule has 3 N–H and O–H groups in total. The maximum atomic E-state index is 11.9. The third kappa shape index (κ3) is 3.17. The fourth-order valence-electron chi connectivity index (χ4n) is 0.761. The molecule has 6 heteroatoms. The van der Waals surface area contributed by atoms with Gasteiger partial charge in [0.2, 0.25) is 0 Å². The molecule has 84 valence electrons. The van der Waals surface area contributed by atoms with Gasteiger partial charge in [-0.2, -0.15) is 13.2 Å². The minimum Gasteiger partial charge on any atom is -0.342 e. The third-order valence-electron chi connectivity index (χ3n) is 2.35. The number of alkyl halides is 3. The molecule has 0 bridgehead atoms. The lowest BCUT2D eigenvalue weighted by Crippen LogP contribution is -2.58. The van der Waals surface area contributed by atoms with Crippen LogP contribution in [0.1, 0.15) is 20.8 Å². The summed E-state index contributed by atoms with van der Waals surface area (Å²) in [6.45, 7) is 4.85. The van der Waals surface area contributed by atoms with E-state index in [1.165, 1.54) is 6.92 Å². The van der Waals surface area contributed by atoms with Crippen LogP contribution in [0.3, 0.4) is 0 Å². The van der Waals surface area contributed by atoms with Gasteiger partial charge in [-0.1, -0.05) is 13.8 Å². The molecule has 0 aliphatic carbocycles. The zero-order valence-corrected chi connectivity index (χ0v) is 8.40. The highest BCUT2D eigenvalue weighted by Crippen LogP contribution is 2.20. The summed E-state index contributed by atoms with van der Waals surface area (Å²) in [6, 6.07) is 0. The number of carbonyl (C=O) groups excluding carboxylic acids is 1. The number of amides is 1. The second-order valence-electron chi connectivity index (χ2n) is 3.73. The second kappa shape index (κ2) is 4.16. The van der Waals surface area contributed by atoms with E-state index in [0.29, 0.717) is 0 Å². The lowest BCUT2D eigenvalue weighted by molar-refractivity contribution is -0.176. The number of nitrogens with one attached hydrogen (secondary N) is 1. The van der Waals surface area contributed by atoms with Gasteiger partial charge in [-0.15, -0.1) is 0 Å². The molecular formula is C8H15F3N2O. The van der Waals surface area contributed by atoms with Crippen molar-refractivity contribution in [2.24, 2.45) is 11.7 Å². The first kappa shape index (κ1) is 13.2. The first-order valence-electron chi connectivity index (χ1n) is 4.23. The molecule has 0 saturated heterocycles. The number of nitrogens with two attached hydrogens (primary N) is 1. The van der Waals surface area contributed by atoms with Crippen LogP contribution in [0.25, 0.3) is 0 Å². The van der Waals surface area contributed by atoms with E-state index in [9.17, 15) is 18.0 Å². The summed E-state index contributed by atoms with van der Waals surface area (Å²) in [4.78, 5) is 10.7. The predicted molar refractivity (Wildman–Crippen MR) is 46.5 cm³/mol. The number of rotatable bonds is 3. The van der Waals surface area contributed by atoms with Crippen LogP contribution in [0, 0.1) is 5.92 Å². The van der Waals surface area contributed by atoms with Crippen LogP contribution in [-0.4, -0.2) is 24.2 Å². The van der Waals surface area contributed by atoms with Gasteiger partial charge < -0.3 is 11.1 Å². The lowest BCUT2D eigenvalue weighted by atomic mass is 9.88. The molecule has 0 aliphatic rings. The lowest BCUT2D eigenvalue weighted by Gasteiger charge is -2.33. The van der Waals surface area contributed by atoms with Crippen LogP contribution in [0.4, 0.5) is 13.2 Å². The van der Waals surface area contributed by atoms with E-state index in [1.807, 2.05) is 5.32 Å². The zero-order valence-electron chi connectivity index (χ0n) is 8.40. The molecule has 3 nitrogen and oxygen atoms in total. The Morgan fingerprint density at radius 1 is 1.43 bits per heavy atom. The summed E-state index contributed by atoms with van der Waals surface area (Å²) in [7, 11) is 0. The highest BCUT2D eigenvalue weighted by molar-refractivity contribution is 5.82. The van der Waals surface area contributed by atoms with Gasteiger partial charge in [-0.05, 0) is 12.8 Å². The van der Waals surface area contributed by atoms with E-state index in [1.54, 1.807) is 13.8 Å². The van der Waals surface area contributed by atoms with Crippen LogP contribution in [0.2, 0.25) is 0 Å². The van der Waals surface area contributed by atoms with Crippen LogP contribution >= 0.6 is 0 Å². The summed E-state index contributed by atoms with van der Waals surface area (Å²) in [6.07, 6.45) is -4.86. The van der Waals surface area contributed by atoms with Gasteiger partial charge in [-0.25, -0.2) is 0 Å². The molecule has 0 fully saturated rings. The van der Waals surface area contributed by atoms with Gasteiger partial charge in [0.05, 0.1) is 5.54 Å². The van der Waals surface area contributed by atoms with Crippen LogP contribution in [0.5, 0.6) is 0 Å². The highest BCUT2D eigenvalue weighted by atomic mass is 19.4. The van der Waals surface area contributed by atoms with Gasteiger partial charge in [0.1, 0.15) is 0 Å². The smallest absolute Gasteiger partial charge is 0.342 e. The summed E-state index contributed by atoms with van der Waals surface area (Å²) in [5.41, 5.74) is 4.30. The normalized spacial score (nSPS) is 16.6. The van der Waals surface area contributed by atoms with Crippen molar-refractivity contribution in [1.29, 1.82) is 0 Å². The summed E-state index contributed by atoms with van der Waals surface area (Å²) >= 11 is 0. The van der Waals surface area contributed by atoms with Crippen molar-refractivity contribution in [3.8, 4) is 0 Å². The van der Waals surface area contributed by atoms with Crippen molar-refractivity contribution < 1.29 is 18.0 Å². The maximum Gasteiger partial charge on any atom is 0.471 e. The average Bonchev–Trinajstić information content (AvgIpc) is 2.02. The van der Waals surface area contributed by atoms with E-state index >= 15 is 0 Å². The molecule has 1 unspecified atom stereocenters. The number of hydrogen-bond donors (Lipinski definition) is 2. The average molecular weight is 212 g/mol. The molecule has 14 heavy (non-hydrogen) atoms. The molecule has 0 aromatic rings. The van der Waals surface area contributed by atoms with E-state index in [-0.39, 0.29) is 12.5 Å². The van der Waals surface area contributed by atoms with Gasteiger partial charge in [-0.3, -0.25) is 4.79 Å². The van der Waals surface area contributed by atoms with Crippen molar-refractivity contribution in [2.45, 2.75) is 32.5 Å². The van der Waals surface area contributed by atoms with E-state index in [4.69, 9.17) is 5.73 Å². The Hall–Kier alpha value is -0.780. The van der Waals surface area contributed by atoms with Crippen molar-refractivity contribution in [1.82, 2.24) is 5.32 Å². The first-order chi connectivity index (χ1) is 6.13. The van der Waals surface area contributed by atoms with Gasteiger partial charge >= 0.3 is 12.1 Å². The standard InChI is InChI=1S/C8H15F3N2O/c1-5(2)7(3,4-12)13-6(14)8(9,10)11/h5H,4,12H2,1-3H3,(H,13,14). The molecule has 0 radical (unpaired) electrons. The second-order valence-corrected chi connectivity index (χ2v) is 3.73. The van der Waals surface area contributed by atoms with Crippen molar-refractivity contribution in [3.63, 3.8) is 0 Å². The molecule has 0 rings (SSSR count). The fourth-order valence-corrected chi connectivity index (χ4v) is 0.761. The molecule has 1 atom stereocenters. The van der Waals surface area contributed by atoms with Crippen LogP contribution in [0.15, 0.2) is 0 Å². The van der Waals surface area contributed by atoms with E-state index in [2.05, 4.69) is 0 Å². The Kier molecular flexibility index (Phi) is 3.93. The Labute approximate surface area is 80.8 Å². The maximum absolute atomic E-state index is 11.9. The van der Waals surface area contributed by atoms with E-state index in [0.717, 1.165) is 0 Å². The summed E-state index contributed by atoms with van der Waals surface area (Å²) < 4.78 is 35.8. The summed E-state index contributed by atoms with van der Waals surface area (Å²) in [5.74, 6) is -2.11.